The summed E-state index contributed by atoms with van der Waals surface area (Å²) in [6.45, 7) is 0.399. The van der Waals surface area contributed by atoms with E-state index in [9.17, 15) is 9.59 Å². The van der Waals surface area contributed by atoms with Crippen LogP contribution in [0.4, 0.5) is 0 Å². The van der Waals surface area contributed by atoms with Crippen molar-refractivity contribution in [1.29, 1.82) is 0 Å². The van der Waals surface area contributed by atoms with Crippen LogP contribution in [0.25, 0.3) is 11.1 Å². The van der Waals surface area contributed by atoms with Gasteiger partial charge in [-0.1, -0.05) is 24.3 Å². The SMILES string of the molecule is COc1ccc(CN(C)C(=O)Cn2c(=O)oc3ccccc32)cc1. The topological polar surface area (TPSA) is 64.7 Å². The number of carbonyl (C=O) groups excluding carboxylic acids is 1. The first-order chi connectivity index (χ1) is 11.6. The molecule has 0 aliphatic carbocycles. The van der Waals surface area contributed by atoms with E-state index in [-0.39, 0.29) is 12.5 Å². The highest BCUT2D eigenvalue weighted by Gasteiger charge is 2.15. The molecule has 0 fully saturated rings. The quantitative estimate of drug-likeness (QED) is 0.721. The number of amides is 1. The van der Waals surface area contributed by atoms with Gasteiger partial charge in [-0.2, -0.15) is 0 Å². The Bertz CT molecular complexity index is 909. The van der Waals surface area contributed by atoms with E-state index in [1.807, 2.05) is 24.3 Å². The van der Waals surface area contributed by atoms with Crippen molar-refractivity contribution in [2.45, 2.75) is 13.1 Å². The predicted molar refractivity (Wildman–Crippen MR) is 89.9 cm³/mol. The second-order valence-corrected chi connectivity index (χ2v) is 5.52. The average molecular weight is 326 g/mol. The number of para-hydroxylation sites is 2. The fourth-order valence-corrected chi connectivity index (χ4v) is 2.51. The number of methoxy groups -OCH3 is 1. The first kappa shape index (κ1) is 15.9. The zero-order chi connectivity index (χ0) is 17.1. The van der Waals surface area contributed by atoms with Gasteiger partial charge in [0, 0.05) is 13.6 Å². The van der Waals surface area contributed by atoms with E-state index in [1.54, 1.807) is 43.3 Å². The van der Waals surface area contributed by atoms with Crippen LogP contribution in [0, 0.1) is 0 Å². The molecule has 6 heteroatoms. The molecule has 0 saturated heterocycles. The molecule has 3 rings (SSSR count). The Labute approximate surface area is 138 Å². The number of hydrogen-bond donors (Lipinski definition) is 0. The van der Waals surface area contributed by atoms with Gasteiger partial charge in [-0.05, 0) is 29.8 Å². The molecule has 0 atom stereocenters. The Kier molecular flexibility index (Phi) is 4.37. The second-order valence-electron chi connectivity index (χ2n) is 5.52. The van der Waals surface area contributed by atoms with Crippen molar-refractivity contribution in [3.05, 3.63) is 64.6 Å². The lowest BCUT2D eigenvalue weighted by Gasteiger charge is -2.17. The Morgan fingerprint density at radius 1 is 1.17 bits per heavy atom. The Morgan fingerprint density at radius 2 is 1.88 bits per heavy atom. The van der Waals surface area contributed by atoms with E-state index in [2.05, 4.69) is 0 Å². The standard InChI is InChI=1S/C18H18N2O4/c1-19(11-13-7-9-14(23-2)10-8-13)17(21)12-20-15-5-3-4-6-16(15)24-18(20)22/h3-10H,11-12H2,1-2H3. The highest BCUT2D eigenvalue weighted by molar-refractivity contribution is 5.79. The number of nitrogens with zero attached hydrogens (tertiary/aromatic N) is 2. The van der Waals surface area contributed by atoms with Crippen molar-refractivity contribution in [3.63, 3.8) is 0 Å². The lowest BCUT2D eigenvalue weighted by atomic mass is 10.2. The first-order valence-electron chi connectivity index (χ1n) is 7.54. The van der Waals surface area contributed by atoms with Crippen LogP contribution in [-0.2, 0) is 17.9 Å². The molecular formula is C18H18N2O4. The number of benzene rings is 2. The second kappa shape index (κ2) is 6.62. The Balaban J connectivity index is 1.73. The Morgan fingerprint density at radius 3 is 2.58 bits per heavy atom. The number of fused-ring (bicyclic) bond motifs is 1. The van der Waals surface area contributed by atoms with Crippen molar-refractivity contribution in [3.8, 4) is 5.75 Å². The monoisotopic (exact) mass is 326 g/mol. The first-order valence-corrected chi connectivity index (χ1v) is 7.54. The molecule has 0 unspecified atom stereocenters. The summed E-state index contributed by atoms with van der Waals surface area (Å²) < 4.78 is 11.6. The van der Waals surface area contributed by atoms with Crippen LogP contribution in [0.3, 0.4) is 0 Å². The van der Waals surface area contributed by atoms with Crippen LogP contribution in [0.2, 0.25) is 0 Å². The van der Waals surface area contributed by atoms with Gasteiger partial charge in [-0.3, -0.25) is 9.36 Å². The van der Waals surface area contributed by atoms with Crippen LogP contribution >= 0.6 is 0 Å². The third-order valence-corrected chi connectivity index (χ3v) is 3.87. The molecule has 3 aromatic rings. The smallest absolute Gasteiger partial charge is 0.420 e. The summed E-state index contributed by atoms with van der Waals surface area (Å²) in [7, 11) is 3.32. The van der Waals surface area contributed by atoms with Crippen molar-refractivity contribution in [2.24, 2.45) is 0 Å². The van der Waals surface area contributed by atoms with E-state index >= 15 is 0 Å². The third kappa shape index (κ3) is 3.17. The molecule has 0 saturated carbocycles. The fraction of sp³-hybridized carbons (Fsp3) is 0.222. The zero-order valence-electron chi connectivity index (χ0n) is 13.6. The number of oxazole rings is 1. The summed E-state index contributed by atoms with van der Waals surface area (Å²) in [6, 6.07) is 14.6. The lowest BCUT2D eigenvalue weighted by Crippen LogP contribution is -2.32. The summed E-state index contributed by atoms with van der Waals surface area (Å²) in [5.41, 5.74) is 2.08. The molecule has 124 valence electrons. The highest BCUT2D eigenvalue weighted by Crippen LogP contribution is 2.14. The normalized spacial score (nSPS) is 10.8. The van der Waals surface area contributed by atoms with Crippen molar-refractivity contribution in [2.75, 3.05) is 14.2 Å². The van der Waals surface area contributed by atoms with Crippen LogP contribution < -0.4 is 10.5 Å². The highest BCUT2D eigenvalue weighted by atomic mass is 16.5. The molecule has 6 nitrogen and oxygen atoms in total. The average Bonchev–Trinajstić information content (AvgIpc) is 2.91. The molecule has 0 spiro atoms. The summed E-state index contributed by atoms with van der Waals surface area (Å²) in [4.78, 5) is 26.0. The number of ether oxygens (including phenoxy) is 1. The molecule has 1 amide bonds. The van der Waals surface area contributed by atoms with Crippen molar-refractivity contribution >= 4 is 17.0 Å². The molecular weight excluding hydrogens is 308 g/mol. The minimum Gasteiger partial charge on any atom is -0.497 e. The van der Waals surface area contributed by atoms with Gasteiger partial charge >= 0.3 is 5.76 Å². The van der Waals surface area contributed by atoms with Crippen LogP contribution in [-0.4, -0.2) is 29.5 Å². The third-order valence-electron chi connectivity index (χ3n) is 3.87. The number of likely N-dealkylation sites (N-methyl/N-ethyl adjacent to an activating group) is 1. The van der Waals surface area contributed by atoms with Gasteiger partial charge in [0.05, 0.1) is 12.6 Å². The van der Waals surface area contributed by atoms with Crippen LogP contribution in [0.15, 0.2) is 57.7 Å². The number of hydrogen-bond acceptors (Lipinski definition) is 4. The fourth-order valence-electron chi connectivity index (χ4n) is 2.51. The van der Waals surface area contributed by atoms with E-state index in [4.69, 9.17) is 9.15 Å². The van der Waals surface area contributed by atoms with Crippen LogP contribution in [0.5, 0.6) is 5.75 Å². The lowest BCUT2D eigenvalue weighted by molar-refractivity contribution is -0.131. The Hall–Kier alpha value is -3.02. The molecule has 0 radical (unpaired) electrons. The van der Waals surface area contributed by atoms with Gasteiger partial charge in [-0.25, -0.2) is 4.79 Å². The maximum Gasteiger partial charge on any atom is 0.420 e. The maximum atomic E-state index is 12.4. The summed E-state index contributed by atoms with van der Waals surface area (Å²) in [5.74, 6) is 0.0750. The van der Waals surface area contributed by atoms with E-state index in [0.29, 0.717) is 17.6 Å². The van der Waals surface area contributed by atoms with Crippen molar-refractivity contribution in [1.82, 2.24) is 9.47 Å². The summed E-state index contributed by atoms with van der Waals surface area (Å²) >= 11 is 0. The molecule has 0 aliphatic heterocycles. The number of carbonyl (C=O) groups is 1. The summed E-state index contributed by atoms with van der Waals surface area (Å²) in [5, 5.41) is 0. The molecule has 0 N–H and O–H groups in total. The van der Waals surface area contributed by atoms with Gasteiger partial charge in [0.1, 0.15) is 12.3 Å². The van der Waals surface area contributed by atoms with Gasteiger partial charge in [0.25, 0.3) is 0 Å². The minimum atomic E-state index is -0.526. The largest absolute Gasteiger partial charge is 0.497 e. The molecule has 1 heterocycles. The van der Waals surface area contributed by atoms with Crippen molar-refractivity contribution < 1.29 is 13.9 Å². The van der Waals surface area contributed by atoms with Gasteiger partial charge in [0.15, 0.2) is 5.58 Å². The van der Waals surface area contributed by atoms with E-state index in [1.165, 1.54) is 4.57 Å². The maximum absolute atomic E-state index is 12.4. The molecule has 0 aliphatic rings. The predicted octanol–water partition coefficient (Wildman–Crippen LogP) is 2.26. The minimum absolute atomic E-state index is 0.0531. The molecule has 0 bridgehead atoms. The van der Waals surface area contributed by atoms with Gasteiger partial charge < -0.3 is 14.1 Å². The summed E-state index contributed by atoms with van der Waals surface area (Å²) in [6.07, 6.45) is 0. The van der Waals surface area contributed by atoms with E-state index < -0.39 is 5.76 Å². The zero-order valence-corrected chi connectivity index (χ0v) is 13.6. The number of aromatic nitrogens is 1. The van der Waals surface area contributed by atoms with E-state index in [0.717, 1.165) is 11.3 Å². The molecule has 2 aromatic carbocycles. The molecule has 24 heavy (non-hydrogen) atoms. The van der Waals surface area contributed by atoms with Gasteiger partial charge in [0.2, 0.25) is 5.91 Å². The van der Waals surface area contributed by atoms with Gasteiger partial charge in [-0.15, -0.1) is 0 Å². The van der Waals surface area contributed by atoms with Crippen LogP contribution in [0.1, 0.15) is 5.56 Å². The molecule has 1 aromatic heterocycles. The number of rotatable bonds is 5.